The van der Waals surface area contributed by atoms with Crippen LogP contribution >= 0.6 is 0 Å². The van der Waals surface area contributed by atoms with E-state index in [2.05, 4.69) is 0 Å². The number of methoxy groups -OCH3 is 3. The summed E-state index contributed by atoms with van der Waals surface area (Å²) in [5.74, 6) is 0.907. The van der Waals surface area contributed by atoms with Gasteiger partial charge in [0.25, 0.3) is 5.56 Å². The normalized spacial score (nSPS) is 14.8. The predicted molar refractivity (Wildman–Crippen MR) is 125 cm³/mol. The zero-order valence-electron chi connectivity index (χ0n) is 19.6. The average molecular weight is 466 g/mol. The van der Waals surface area contributed by atoms with Crippen LogP contribution in [-0.2, 0) is 17.8 Å². The smallest absolute Gasteiger partial charge is 0.312 e. The van der Waals surface area contributed by atoms with Gasteiger partial charge in [0.05, 0.1) is 33.3 Å². The molecule has 1 atom stereocenters. The van der Waals surface area contributed by atoms with Crippen LogP contribution in [0.15, 0.2) is 47.3 Å². The van der Waals surface area contributed by atoms with Crippen LogP contribution in [0.2, 0.25) is 0 Å². The number of aromatic nitrogens is 1. The van der Waals surface area contributed by atoms with Crippen LogP contribution in [0.25, 0.3) is 0 Å². The molecule has 0 saturated heterocycles. The topological polar surface area (TPSA) is 96.2 Å². The van der Waals surface area contributed by atoms with Gasteiger partial charge in [-0.15, -0.1) is 0 Å². The summed E-state index contributed by atoms with van der Waals surface area (Å²) in [5, 5.41) is 9.51. The number of esters is 1. The molecule has 0 bridgehead atoms. The summed E-state index contributed by atoms with van der Waals surface area (Å²) < 4.78 is 23.6. The molecule has 0 saturated carbocycles. The molecule has 2 aromatic carbocycles. The largest absolute Gasteiger partial charge is 0.508 e. The highest BCUT2D eigenvalue weighted by Crippen LogP contribution is 2.44. The van der Waals surface area contributed by atoms with E-state index in [-0.39, 0.29) is 23.5 Å². The van der Waals surface area contributed by atoms with Crippen molar-refractivity contribution in [2.24, 2.45) is 0 Å². The Hall–Kier alpha value is -3.94. The number of aryl methyl sites for hydroxylation is 2. The fourth-order valence-corrected chi connectivity index (χ4v) is 4.37. The number of phenols is 1. The molecule has 178 valence electrons. The van der Waals surface area contributed by atoms with Crippen molar-refractivity contribution in [3.05, 3.63) is 75.2 Å². The first-order chi connectivity index (χ1) is 16.4. The number of fused-ring (bicyclic) bond motifs is 1. The number of ether oxygens (including phenoxy) is 4. The number of carbonyl (C=O) groups is 1. The second-order valence-electron chi connectivity index (χ2n) is 8.12. The van der Waals surface area contributed by atoms with Crippen molar-refractivity contribution >= 4 is 5.97 Å². The Balaban J connectivity index is 1.81. The minimum absolute atomic E-state index is 0.00485. The van der Waals surface area contributed by atoms with Gasteiger partial charge in [0, 0.05) is 35.9 Å². The standard InChI is InChI=1S/C26H27NO7/c1-15-11-23-25(26(30)27(15)10-9-16-5-7-17(28)8-6-16)19(13-24(29)34-23)18-12-21(32-3)22(33-4)14-20(18)31-2/h5-8,11-12,14,19,28H,9-10,13H2,1-4H3/t19-/m1/s1. The van der Waals surface area contributed by atoms with E-state index < -0.39 is 11.9 Å². The Morgan fingerprint density at radius 3 is 2.26 bits per heavy atom. The second kappa shape index (κ2) is 9.51. The molecule has 0 radical (unpaired) electrons. The van der Waals surface area contributed by atoms with Crippen molar-refractivity contribution in [1.82, 2.24) is 4.57 Å². The molecule has 2 heterocycles. The maximum atomic E-state index is 13.7. The zero-order chi connectivity index (χ0) is 24.4. The van der Waals surface area contributed by atoms with Crippen LogP contribution in [0.5, 0.6) is 28.7 Å². The number of hydrogen-bond donors (Lipinski definition) is 1. The molecule has 8 heteroatoms. The van der Waals surface area contributed by atoms with E-state index >= 15 is 0 Å². The Labute approximate surface area is 197 Å². The Morgan fingerprint density at radius 2 is 1.62 bits per heavy atom. The highest BCUT2D eigenvalue weighted by Gasteiger charge is 2.35. The molecule has 8 nitrogen and oxygen atoms in total. The third kappa shape index (κ3) is 4.31. The zero-order valence-corrected chi connectivity index (χ0v) is 19.6. The lowest BCUT2D eigenvalue weighted by Crippen LogP contribution is -2.33. The molecule has 0 amide bonds. The summed E-state index contributed by atoms with van der Waals surface area (Å²) >= 11 is 0. The lowest BCUT2D eigenvalue weighted by molar-refractivity contribution is -0.135. The summed E-state index contributed by atoms with van der Waals surface area (Å²) in [6.07, 6.45) is 0.596. The first-order valence-electron chi connectivity index (χ1n) is 10.9. The van der Waals surface area contributed by atoms with Crippen molar-refractivity contribution in [3.8, 4) is 28.7 Å². The fourth-order valence-electron chi connectivity index (χ4n) is 4.37. The minimum Gasteiger partial charge on any atom is -0.508 e. The highest BCUT2D eigenvalue weighted by atomic mass is 16.5. The molecular formula is C26H27NO7. The Kier molecular flexibility index (Phi) is 6.49. The number of benzene rings is 2. The maximum absolute atomic E-state index is 13.7. The number of pyridine rings is 1. The van der Waals surface area contributed by atoms with Crippen LogP contribution in [0.4, 0.5) is 0 Å². The molecule has 0 aliphatic carbocycles. The van der Waals surface area contributed by atoms with E-state index in [9.17, 15) is 14.7 Å². The third-order valence-electron chi connectivity index (χ3n) is 6.12. The SMILES string of the molecule is COc1cc(OC)c([C@H]2CC(=O)Oc3cc(C)n(CCc4ccc(O)cc4)c(=O)c32)cc1OC. The number of phenolic OH excluding ortho intramolecular Hbond substituents is 1. The first-order valence-corrected chi connectivity index (χ1v) is 10.9. The summed E-state index contributed by atoms with van der Waals surface area (Å²) in [6, 6.07) is 12.1. The quantitative estimate of drug-likeness (QED) is 0.533. The van der Waals surface area contributed by atoms with Crippen molar-refractivity contribution in [1.29, 1.82) is 0 Å². The average Bonchev–Trinajstić information content (AvgIpc) is 2.83. The molecule has 1 N–H and O–H groups in total. The van der Waals surface area contributed by atoms with Gasteiger partial charge in [-0.2, -0.15) is 0 Å². The fraction of sp³-hybridized carbons (Fsp3) is 0.308. The van der Waals surface area contributed by atoms with Crippen molar-refractivity contribution < 1.29 is 28.8 Å². The summed E-state index contributed by atoms with van der Waals surface area (Å²) in [7, 11) is 4.58. The van der Waals surface area contributed by atoms with Crippen molar-refractivity contribution in [3.63, 3.8) is 0 Å². The molecule has 1 aliphatic heterocycles. The molecule has 3 aromatic rings. The molecule has 0 unspecified atom stereocenters. The summed E-state index contributed by atoms with van der Waals surface area (Å²) in [5.41, 5.74) is 2.51. The van der Waals surface area contributed by atoms with Gasteiger partial charge in [0.15, 0.2) is 11.5 Å². The van der Waals surface area contributed by atoms with Crippen molar-refractivity contribution in [2.45, 2.75) is 32.2 Å². The van der Waals surface area contributed by atoms with Gasteiger partial charge in [-0.25, -0.2) is 0 Å². The van der Waals surface area contributed by atoms with Crippen molar-refractivity contribution in [2.75, 3.05) is 21.3 Å². The van der Waals surface area contributed by atoms with E-state index in [1.54, 1.807) is 34.9 Å². The number of aromatic hydroxyl groups is 1. The summed E-state index contributed by atoms with van der Waals surface area (Å²) in [6.45, 7) is 2.25. The van der Waals surface area contributed by atoms with E-state index in [0.29, 0.717) is 47.0 Å². The first kappa shape index (κ1) is 23.2. The molecule has 4 rings (SSSR count). The maximum Gasteiger partial charge on any atom is 0.312 e. The predicted octanol–water partition coefficient (Wildman–Crippen LogP) is 3.57. The molecule has 34 heavy (non-hydrogen) atoms. The Morgan fingerprint density at radius 1 is 0.971 bits per heavy atom. The van der Waals surface area contributed by atoms with Crippen LogP contribution in [0.1, 0.15) is 34.7 Å². The monoisotopic (exact) mass is 465 g/mol. The molecular weight excluding hydrogens is 438 g/mol. The van der Waals surface area contributed by atoms with Crippen LogP contribution in [0.3, 0.4) is 0 Å². The molecule has 1 aliphatic rings. The van der Waals surface area contributed by atoms with Crippen LogP contribution in [0, 0.1) is 6.92 Å². The second-order valence-corrected chi connectivity index (χ2v) is 8.12. The van der Waals surface area contributed by atoms with Crippen LogP contribution < -0.4 is 24.5 Å². The van der Waals surface area contributed by atoms with Gasteiger partial charge in [-0.1, -0.05) is 12.1 Å². The van der Waals surface area contributed by atoms with Gasteiger partial charge in [0.1, 0.15) is 17.2 Å². The number of hydrogen-bond acceptors (Lipinski definition) is 7. The van der Waals surface area contributed by atoms with Gasteiger partial charge < -0.3 is 28.6 Å². The minimum atomic E-state index is -0.570. The Bertz CT molecular complexity index is 1280. The number of carbonyl (C=O) groups excluding carboxylic acids is 1. The summed E-state index contributed by atoms with van der Waals surface area (Å²) in [4.78, 5) is 26.2. The lowest BCUT2D eigenvalue weighted by Gasteiger charge is -2.27. The van der Waals surface area contributed by atoms with E-state index in [1.807, 2.05) is 19.1 Å². The van der Waals surface area contributed by atoms with Gasteiger partial charge >= 0.3 is 5.97 Å². The molecule has 1 aromatic heterocycles. The van der Waals surface area contributed by atoms with E-state index in [1.165, 1.54) is 21.3 Å². The molecule has 0 spiro atoms. The van der Waals surface area contributed by atoms with Gasteiger partial charge in [-0.05, 0) is 37.1 Å². The lowest BCUT2D eigenvalue weighted by atomic mass is 9.86. The molecule has 0 fully saturated rings. The van der Waals surface area contributed by atoms with Gasteiger partial charge in [0.2, 0.25) is 0 Å². The van der Waals surface area contributed by atoms with E-state index in [4.69, 9.17) is 18.9 Å². The highest BCUT2D eigenvalue weighted by molar-refractivity contribution is 5.78. The van der Waals surface area contributed by atoms with E-state index in [0.717, 1.165) is 5.56 Å². The van der Waals surface area contributed by atoms with Gasteiger partial charge in [-0.3, -0.25) is 9.59 Å². The number of rotatable bonds is 7. The third-order valence-corrected chi connectivity index (χ3v) is 6.12. The number of nitrogens with zero attached hydrogens (tertiary/aromatic N) is 1. The van der Waals surface area contributed by atoms with Crippen LogP contribution in [-0.4, -0.2) is 37.0 Å².